The van der Waals surface area contributed by atoms with E-state index in [1.165, 1.54) is 13.2 Å². The lowest BCUT2D eigenvalue weighted by Crippen LogP contribution is -2.06. The van der Waals surface area contributed by atoms with Gasteiger partial charge in [-0.25, -0.2) is 0 Å². The second-order valence-electron chi connectivity index (χ2n) is 3.13. The van der Waals surface area contributed by atoms with Gasteiger partial charge in [0, 0.05) is 17.0 Å². The number of phenolic OH excluding ortho intramolecular Hbond substituents is 1. The molecule has 0 aliphatic rings. The Morgan fingerprint density at radius 2 is 2.14 bits per heavy atom. The number of halogens is 1. The van der Waals surface area contributed by atoms with E-state index < -0.39 is 6.10 Å². The third-order valence-electron chi connectivity index (χ3n) is 1.89. The van der Waals surface area contributed by atoms with Crippen molar-refractivity contribution >= 4 is 11.6 Å². The SMILES string of the molecule is COc1c(O)ccc(Cl)c1CC(C)O. The summed E-state index contributed by atoms with van der Waals surface area (Å²) in [6.45, 7) is 1.65. The van der Waals surface area contributed by atoms with Gasteiger partial charge < -0.3 is 14.9 Å². The lowest BCUT2D eigenvalue weighted by Gasteiger charge is -2.13. The molecule has 1 rings (SSSR count). The Labute approximate surface area is 87.9 Å². The maximum atomic E-state index is 9.46. The first-order chi connectivity index (χ1) is 6.56. The van der Waals surface area contributed by atoms with Crippen molar-refractivity contribution in [1.82, 2.24) is 0 Å². The van der Waals surface area contributed by atoms with Crippen LogP contribution in [-0.4, -0.2) is 23.4 Å². The van der Waals surface area contributed by atoms with Crippen LogP contribution in [0.4, 0.5) is 0 Å². The van der Waals surface area contributed by atoms with Gasteiger partial charge in [0.15, 0.2) is 11.5 Å². The van der Waals surface area contributed by atoms with E-state index in [1.807, 2.05) is 0 Å². The largest absolute Gasteiger partial charge is 0.504 e. The highest BCUT2D eigenvalue weighted by Crippen LogP contribution is 2.35. The Bertz CT molecular complexity index is 323. The predicted octanol–water partition coefficient (Wildman–Crippen LogP) is 1.98. The average molecular weight is 217 g/mol. The van der Waals surface area contributed by atoms with Crippen LogP contribution in [0.15, 0.2) is 12.1 Å². The molecule has 0 radical (unpaired) electrons. The van der Waals surface area contributed by atoms with Gasteiger partial charge in [0.25, 0.3) is 0 Å². The van der Waals surface area contributed by atoms with Crippen molar-refractivity contribution in [1.29, 1.82) is 0 Å². The molecule has 0 amide bonds. The van der Waals surface area contributed by atoms with Crippen LogP contribution in [0.3, 0.4) is 0 Å². The summed E-state index contributed by atoms with van der Waals surface area (Å²) in [6.07, 6.45) is -0.167. The van der Waals surface area contributed by atoms with E-state index in [1.54, 1.807) is 13.0 Å². The van der Waals surface area contributed by atoms with Gasteiger partial charge in [0.1, 0.15) is 0 Å². The Hall–Kier alpha value is -0.930. The molecule has 0 aliphatic heterocycles. The summed E-state index contributed by atoms with van der Waals surface area (Å²) < 4.78 is 5.01. The van der Waals surface area contributed by atoms with Gasteiger partial charge in [-0.1, -0.05) is 11.6 Å². The zero-order valence-corrected chi connectivity index (χ0v) is 8.88. The number of benzene rings is 1. The third kappa shape index (κ3) is 2.30. The number of ether oxygens (including phenoxy) is 1. The van der Waals surface area contributed by atoms with Crippen molar-refractivity contribution in [3.05, 3.63) is 22.7 Å². The number of hydrogen-bond acceptors (Lipinski definition) is 3. The van der Waals surface area contributed by atoms with Gasteiger partial charge in [-0.05, 0) is 19.1 Å². The zero-order valence-electron chi connectivity index (χ0n) is 8.12. The Morgan fingerprint density at radius 3 is 2.64 bits per heavy atom. The van der Waals surface area contributed by atoms with Crippen LogP contribution >= 0.6 is 11.6 Å². The molecule has 0 spiro atoms. The third-order valence-corrected chi connectivity index (χ3v) is 2.24. The normalized spacial score (nSPS) is 12.6. The van der Waals surface area contributed by atoms with Gasteiger partial charge >= 0.3 is 0 Å². The first kappa shape index (κ1) is 11.1. The highest BCUT2D eigenvalue weighted by atomic mass is 35.5. The fourth-order valence-corrected chi connectivity index (χ4v) is 1.53. The van der Waals surface area contributed by atoms with Gasteiger partial charge in [0.05, 0.1) is 13.2 Å². The Balaban J connectivity index is 3.16. The van der Waals surface area contributed by atoms with Gasteiger partial charge in [-0.15, -0.1) is 0 Å². The minimum absolute atomic E-state index is 0.0348. The van der Waals surface area contributed by atoms with E-state index in [4.69, 9.17) is 16.3 Å². The molecule has 1 atom stereocenters. The van der Waals surface area contributed by atoms with Crippen molar-refractivity contribution in [2.75, 3.05) is 7.11 Å². The highest BCUT2D eigenvalue weighted by molar-refractivity contribution is 6.31. The van der Waals surface area contributed by atoms with Crippen LogP contribution in [0.2, 0.25) is 5.02 Å². The van der Waals surface area contributed by atoms with Crippen LogP contribution in [0.5, 0.6) is 11.5 Å². The number of rotatable bonds is 3. The number of hydrogen-bond donors (Lipinski definition) is 2. The Morgan fingerprint density at radius 1 is 1.50 bits per heavy atom. The van der Waals surface area contributed by atoms with E-state index in [-0.39, 0.29) is 5.75 Å². The lowest BCUT2D eigenvalue weighted by atomic mass is 10.1. The molecule has 1 aromatic carbocycles. The van der Waals surface area contributed by atoms with E-state index >= 15 is 0 Å². The summed E-state index contributed by atoms with van der Waals surface area (Å²) in [4.78, 5) is 0. The fraction of sp³-hybridized carbons (Fsp3) is 0.400. The van der Waals surface area contributed by atoms with Crippen molar-refractivity contribution < 1.29 is 14.9 Å². The number of methoxy groups -OCH3 is 1. The molecule has 0 saturated heterocycles. The molecule has 0 saturated carbocycles. The minimum atomic E-state index is -0.525. The molecule has 14 heavy (non-hydrogen) atoms. The molecule has 0 aliphatic carbocycles. The zero-order chi connectivity index (χ0) is 10.7. The molecular weight excluding hydrogens is 204 g/mol. The molecule has 78 valence electrons. The molecule has 0 fully saturated rings. The minimum Gasteiger partial charge on any atom is -0.504 e. The van der Waals surface area contributed by atoms with Crippen LogP contribution in [-0.2, 0) is 6.42 Å². The summed E-state index contributed by atoms with van der Waals surface area (Å²) >= 11 is 5.92. The molecule has 3 nitrogen and oxygen atoms in total. The second kappa shape index (κ2) is 4.53. The van der Waals surface area contributed by atoms with Crippen LogP contribution in [0.1, 0.15) is 12.5 Å². The van der Waals surface area contributed by atoms with E-state index in [0.29, 0.717) is 22.8 Å². The lowest BCUT2D eigenvalue weighted by molar-refractivity contribution is 0.194. The maximum Gasteiger partial charge on any atom is 0.165 e. The molecule has 0 aromatic heterocycles. The molecular formula is C10H13ClO3. The molecule has 2 N–H and O–H groups in total. The Kier molecular flexibility index (Phi) is 3.61. The quantitative estimate of drug-likeness (QED) is 0.813. The number of aliphatic hydroxyl groups excluding tert-OH is 1. The molecule has 1 aromatic rings. The van der Waals surface area contributed by atoms with Crippen molar-refractivity contribution in [2.45, 2.75) is 19.4 Å². The standard InChI is InChI=1S/C10H13ClO3/c1-6(12)5-7-8(11)3-4-9(13)10(7)14-2/h3-4,6,12-13H,5H2,1-2H3. The summed E-state index contributed by atoms with van der Waals surface area (Å²) in [7, 11) is 1.46. The predicted molar refractivity (Wildman–Crippen MR) is 55.1 cm³/mol. The number of aromatic hydroxyl groups is 1. The van der Waals surface area contributed by atoms with Gasteiger partial charge in [-0.2, -0.15) is 0 Å². The van der Waals surface area contributed by atoms with E-state index in [2.05, 4.69) is 0 Å². The maximum absolute atomic E-state index is 9.46. The summed E-state index contributed by atoms with van der Waals surface area (Å²) in [6, 6.07) is 3.05. The van der Waals surface area contributed by atoms with Crippen molar-refractivity contribution in [3.8, 4) is 11.5 Å². The van der Waals surface area contributed by atoms with Gasteiger partial charge in [-0.3, -0.25) is 0 Å². The van der Waals surface area contributed by atoms with E-state index in [9.17, 15) is 10.2 Å². The highest BCUT2D eigenvalue weighted by Gasteiger charge is 2.14. The molecule has 4 heteroatoms. The number of aliphatic hydroxyl groups is 1. The molecule has 1 unspecified atom stereocenters. The van der Waals surface area contributed by atoms with Gasteiger partial charge in [0.2, 0.25) is 0 Å². The van der Waals surface area contributed by atoms with Crippen molar-refractivity contribution in [3.63, 3.8) is 0 Å². The second-order valence-corrected chi connectivity index (χ2v) is 3.54. The first-order valence-corrected chi connectivity index (χ1v) is 4.66. The summed E-state index contributed by atoms with van der Waals surface area (Å²) in [5.41, 5.74) is 0.629. The van der Waals surface area contributed by atoms with Crippen LogP contribution < -0.4 is 4.74 Å². The fourth-order valence-electron chi connectivity index (χ4n) is 1.30. The van der Waals surface area contributed by atoms with Crippen LogP contribution in [0, 0.1) is 0 Å². The topological polar surface area (TPSA) is 49.7 Å². The molecule has 0 heterocycles. The number of phenols is 1. The van der Waals surface area contributed by atoms with E-state index in [0.717, 1.165) is 0 Å². The first-order valence-electron chi connectivity index (χ1n) is 4.28. The average Bonchev–Trinajstić information content (AvgIpc) is 2.11. The summed E-state index contributed by atoms with van der Waals surface area (Å²) in [5, 5.41) is 19.2. The van der Waals surface area contributed by atoms with Crippen molar-refractivity contribution in [2.24, 2.45) is 0 Å². The summed E-state index contributed by atoms with van der Waals surface area (Å²) in [5.74, 6) is 0.367. The van der Waals surface area contributed by atoms with Crippen LogP contribution in [0.25, 0.3) is 0 Å². The molecule has 0 bridgehead atoms. The monoisotopic (exact) mass is 216 g/mol. The smallest absolute Gasteiger partial charge is 0.165 e.